The van der Waals surface area contributed by atoms with E-state index >= 15 is 0 Å². The highest BCUT2D eigenvalue weighted by Gasteiger charge is 2.35. The summed E-state index contributed by atoms with van der Waals surface area (Å²) >= 11 is 0. The highest BCUT2D eigenvalue weighted by Crippen LogP contribution is 2.34. The van der Waals surface area contributed by atoms with Crippen molar-refractivity contribution in [2.45, 2.75) is 63.6 Å². The molecule has 0 amide bonds. The minimum absolute atomic E-state index is 0.107. The van der Waals surface area contributed by atoms with Crippen LogP contribution in [0.1, 0.15) is 50.5 Å². The Bertz CT molecular complexity index is 445. The van der Waals surface area contributed by atoms with Gasteiger partial charge in [0.15, 0.2) is 0 Å². The summed E-state index contributed by atoms with van der Waals surface area (Å²) in [5, 5.41) is 19.8. The molecule has 116 valence electrons. The quantitative estimate of drug-likeness (QED) is 0.897. The van der Waals surface area contributed by atoms with Crippen LogP contribution in [-0.2, 0) is 6.54 Å². The van der Waals surface area contributed by atoms with E-state index in [0.29, 0.717) is 17.7 Å². The summed E-state index contributed by atoms with van der Waals surface area (Å²) in [4.78, 5) is 2.56. The Balaban J connectivity index is 1.70. The zero-order chi connectivity index (χ0) is 14.7. The SMILES string of the molecule is Oc1ccc(CN2CCCCC2C2CCCCC2O)cc1. The summed E-state index contributed by atoms with van der Waals surface area (Å²) < 4.78 is 0. The van der Waals surface area contributed by atoms with Crippen molar-refractivity contribution in [2.24, 2.45) is 5.92 Å². The van der Waals surface area contributed by atoms with Crippen LogP contribution in [0.4, 0.5) is 0 Å². The van der Waals surface area contributed by atoms with Gasteiger partial charge in [-0.1, -0.05) is 31.4 Å². The molecule has 2 N–H and O–H groups in total. The van der Waals surface area contributed by atoms with Crippen LogP contribution in [0.15, 0.2) is 24.3 Å². The van der Waals surface area contributed by atoms with Gasteiger partial charge in [0.1, 0.15) is 5.75 Å². The normalized spacial score (nSPS) is 31.2. The van der Waals surface area contributed by atoms with E-state index in [0.717, 1.165) is 19.5 Å². The van der Waals surface area contributed by atoms with Gasteiger partial charge in [0.25, 0.3) is 0 Å². The predicted octanol–water partition coefficient (Wildman–Crippen LogP) is 3.30. The zero-order valence-electron chi connectivity index (χ0n) is 12.7. The van der Waals surface area contributed by atoms with Crippen molar-refractivity contribution in [1.29, 1.82) is 0 Å². The standard InChI is InChI=1S/C18H27NO2/c20-15-10-8-14(9-11-15)13-19-12-4-3-6-17(19)16-5-1-2-7-18(16)21/h8-11,16-18,20-21H,1-7,12-13H2. The number of aliphatic hydroxyl groups is 1. The van der Waals surface area contributed by atoms with Crippen molar-refractivity contribution >= 4 is 0 Å². The molecule has 1 aromatic rings. The van der Waals surface area contributed by atoms with Crippen molar-refractivity contribution in [2.75, 3.05) is 6.54 Å². The molecule has 21 heavy (non-hydrogen) atoms. The van der Waals surface area contributed by atoms with Crippen LogP contribution in [0.25, 0.3) is 0 Å². The first kappa shape index (κ1) is 14.9. The lowest BCUT2D eigenvalue weighted by molar-refractivity contribution is -0.00861. The van der Waals surface area contributed by atoms with E-state index in [4.69, 9.17) is 0 Å². The van der Waals surface area contributed by atoms with Crippen LogP contribution < -0.4 is 0 Å². The van der Waals surface area contributed by atoms with Gasteiger partial charge in [-0.3, -0.25) is 4.90 Å². The molecular formula is C18H27NO2. The molecule has 2 aliphatic rings. The predicted molar refractivity (Wildman–Crippen MR) is 84.1 cm³/mol. The molecule has 1 aromatic carbocycles. The minimum Gasteiger partial charge on any atom is -0.508 e. The Labute approximate surface area is 127 Å². The summed E-state index contributed by atoms with van der Waals surface area (Å²) in [5.41, 5.74) is 1.25. The van der Waals surface area contributed by atoms with Crippen molar-refractivity contribution in [3.05, 3.63) is 29.8 Å². The highest BCUT2D eigenvalue weighted by molar-refractivity contribution is 5.25. The molecule has 1 aliphatic heterocycles. The first-order valence-corrected chi connectivity index (χ1v) is 8.44. The fourth-order valence-corrected chi connectivity index (χ4v) is 4.12. The smallest absolute Gasteiger partial charge is 0.115 e. The van der Waals surface area contributed by atoms with Crippen molar-refractivity contribution in [3.8, 4) is 5.75 Å². The molecule has 3 nitrogen and oxygen atoms in total. The number of hydrogen-bond donors (Lipinski definition) is 2. The summed E-state index contributed by atoms with van der Waals surface area (Å²) in [6.45, 7) is 2.07. The lowest BCUT2D eigenvalue weighted by Crippen LogP contribution is -2.48. The number of nitrogens with zero attached hydrogens (tertiary/aromatic N) is 1. The third-order valence-corrected chi connectivity index (χ3v) is 5.26. The molecule has 3 atom stereocenters. The van der Waals surface area contributed by atoms with E-state index in [1.54, 1.807) is 12.1 Å². The van der Waals surface area contributed by atoms with Gasteiger partial charge in [0.2, 0.25) is 0 Å². The molecule has 1 saturated heterocycles. The Morgan fingerprint density at radius 1 is 0.952 bits per heavy atom. The molecule has 1 heterocycles. The molecule has 0 radical (unpaired) electrons. The second-order valence-corrected chi connectivity index (χ2v) is 6.72. The average molecular weight is 289 g/mol. The molecule has 3 heteroatoms. The first-order valence-electron chi connectivity index (χ1n) is 8.44. The zero-order valence-corrected chi connectivity index (χ0v) is 12.7. The van der Waals surface area contributed by atoms with Gasteiger partial charge in [-0.25, -0.2) is 0 Å². The first-order chi connectivity index (χ1) is 10.2. The van der Waals surface area contributed by atoms with Crippen molar-refractivity contribution in [3.63, 3.8) is 0 Å². The summed E-state index contributed by atoms with van der Waals surface area (Å²) in [7, 11) is 0. The number of likely N-dealkylation sites (tertiary alicyclic amines) is 1. The maximum absolute atomic E-state index is 10.4. The summed E-state index contributed by atoms with van der Waals surface area (Å²) in [5.74, 6) is 0.785. The van der Waals surface area contributed by atoms with E-state index in [9.17, 15) is 10.2 Å². The largest absolute Gasteiger partial charge is 0.508 e. The van der Waals surface area contributed by atoms with Crippen LogP contribution in [-0.4, -0.2) is 33.8 Å². The number of benzene rings is 1. The van der Waals surface area contributed by atoms with Gasteiger partial charge in [-0.15, -0.1) is 0 Å². The lowest BCUT2D eigenvalue weighted by Gasteiger charge is -2.43. The van der Waals surface area contributed by atoms with E-state index in [1.807, 2.05) is 12.1 Å². The maximum atomic E-state index is 10.4. The molecule has 0 spiro atoms. The molecular weight excluding hydrogens is 262 g/mol. The van der Waals surface area contributed by atoms with Gasteiger partial charge in [0.05, 0.1) is 6.10 Å². The Hall–Kier alpha value is -1.06. The van der Waals surface area contributed by atoms with Crippen LogP contribution in [0.5, 0.6) is 5.75 Å². The molecule has 3 unspecified atom stereocenters. The minimum atomic E-state index is -0.107. The number of hydrogen-bond acceptors (Lipinski definition) is 3. The molecule has 0 bridgehead atoms. The van der Waals surface area contributed by atoms with Crippen LogP contribution in [0.3, 0.4) is 0 Å². The Morgan fingerprint density at radius 3 is 2.43 bits per heavy atom. The Morgan fingerprint density at radius 2 is 1.67 bits per heavy atom. The third kappa shape index (κ3) is 3.58. The average Bonchev–Trinajstić information content (AvgIpc) is 2.51. The summed E-state index contributed by atoms with van der Waals surface area (Å²) in [6.07, 6.45) is 8.28. The summed E-state index contributed by atoms with van der Waals surface area (Å²) in [6, 6.07) is 8.09. The second kappa shape index (κ2) is 6.80. The number of aliphatic hydroxyl groups excluding tert-OH is 1. The maximum Gasteiger partial charge on any atom is 0.115 e. The monoisotopic (exact) mass is 289 g/mol. The van der Waals surface area contributed by atoms with Gasteiger partial charge < -0.3 is 10.2 Å². The van der Waals surface area contributed by atoms with Gasteiger partial charge in [-0.2, -0.15) is 0 Å². The van der Waals surface area contributed by atoms with Gasteiger partial charge >= 0.3 is 0 Å². The van der Waals surface area contributed by atoms with E-state index in [1.165, 1.54) is 44.1 Å². The van der Waals surface area contributed by atoms with Gasteiger partial charge in [0, 0.05) is 18.5 Å². The Kier molecular flexibility index (Phi) is 4.81. The van der Waals surface area contributed by atoms with Crippen molar-refractivity contribution in [1.82, 2.24) is 4.90 Å². The second-order valence-electron chi connectivity index (χ2n) is 6.72. The molecule has 0 aromatic heterocycles. The van der Waals surface area contributed by atoms with E-state index in [-0.39, 0.29) is 6.10 Å². The van der Waals surface area contributed by atoms with Crippen LogP contribution in [0.2, 0.25) is 0 Å². The van der Waals surface area contributed by atoms with Crippen LogP contribution in [0, 0.1) is 5.92 Å². The van der Waals surface area contributed by atoms with Gasteiger partial charge in [-0.05, 0) is 49.9 Å². The fraction of sp³-hybridized carbons (Fsp3) is 0.667. The molecule has 1 saturated carbocycles. The van der Waals surface area contributed by atoms with Crippen molar-refractivity contribution < 1.29 is 10.2 Å². The van der Waals surface area contributed by atoms with E-state index < -0.39 is 0 Å². The number of phenols is 1. The molecule has 1 aliphatic carbocycles. The third-order valence-electron chi connectivity index (χ3n) is 5.26. The lowest BCUT2D eigenvalue weighted by atomic mass is 9.78. The topological polar surface area (TPSA) is 43.7 Å². The number of piperidine rings is 1. The van der Waals surface area contributed by atoms with E-state index in [2.05, 4.69) is 4.90 Å². The van der Waals surface area contributed by atoms with Crippen LogP contribution >= 0.6 is 0 Å². The number of phenolic OH excluding ortho intramolecular Hbond substituents is 1. The molecule has 3 rings (SSSR count). The fourth-order valence-electron chi connectivity index (χ4n) is 4.12. The number of rotatable bonds is 3. The molecule has 2 fully saturated rings. The number of aromatic hydroxyl groups is 1. The highest BCUT2D eigenvalue weighted by atomic mass is 16.3.